The lowest BCUT2D eigenvalue weighted by molar-refractivity contribution is -0.118. The van der Waals surface area contributed by atoms with Crippen LogP contribution in [0.4, 0.5) is 10.1 Å². The smallest absolute Gasteiger partial charge is 0.294 e. The van der Waals surface area contributed by atoms with Gasteiger partial charge in [0.1, 0.15) is 0 Å². The second kappa shape index (κ2) is 9.17. The Morgan fingerprint density at radius 2 is 1.87 bits per heavy atom. The van der Waals surface area contributed by atoms with E-state index in [2.05, 4.69) is 15.6 Å². The third-order valence-corrected chi connectivity index (χ3v) is 5.17. The highest BCUT2D eigenvalue weighted by Gasteiger charge is 2.30. The normalized spacial score (nSPS) is 12.0. The number of hydrogen-bond acceptors (Lipinski definition) is 5. The number of ketones is 1. The molecule has 2 heterocycles. The zero-order chi connectivity index (χ0) is 22.7. The van der Waals surface area contributed by atoms with Crippen LogP contribution in [0.3, 0.4) is 0 Å². The number of nitrogens with zero attached hydrogens (tertiary/aromatic N) is 2. The Labute approximate surface area is 174 Å². The lowest BCUT2D eigenvalue weighted by Gasteiger charge is -2.19. The molecule has 2 rings (SSSR count). The van der Waals surface area contributed by atoms with Gasteiger partial charge in [-0.15, -0.1) is 0 Å². The number of carbonyl (C=O) groups excluding carboxylic acids is 3. The molecule has 0 unspecified atom stereocenters. The predicted molar refractivity (Wildman–Crippen MR) is 110 cm³/mol. The van der Waals surface area contributed by atoms with E-state index < -0.39 is 29.6 Å². The number of anilines is 1. The molecule has 0 aliphatic rings. The van der Waals surface area contributed by atoms with Gasteiger partial charge in [-0.2, -0.15) is 4.39 Å². The number of aliphatic hydroxyl groups excluding tert-OH is 1. The second-order valence-electron chi connectivity index (χ2n) is 7.61. The van der Waals surface area contributed by atoms with Crippen molar-refractivity contribution in [3.05, 3.63) is 46.3 Å². The van der Waals surface area contributed by atoms with Crippen molar-refractivity contribution < 1.29 is 23.9 Å². The Morgan fingerprint density at radius 3 is 2.40 bits per heavy atom. The van der Waals surface area contributed by atoms with Crippen LogP contribution in [0.15, 0.2) is 12.3 Å². The maximum absolute atomic E-state index is 13.4. The standard InChI is InChI=1S/C21H27FN4O4/c1-10(2)15(9-27)25-21(30)18(28)17-12(4)16(13(5)26(17)6)20(29)24-14-7-11(3)19(22)23-8-14/h7-8,10,15,27H,9H2,1-6H3,(H,24,29)(H,25,30)/t15-/m1/s1. The number of amides is 2. The van der Waals surface area contributed by atoms with Crippen LogP contribution in [0.2, 0.25) is 0 Å². The van der Waals surface area contributed by atoms with Crippen molar-refractivity contribution in [2.45, 2.75) is 40.7 Å². The molecule has 162 valence electrons. The number of Topliss-reactive ketones (excluding diaryl/α,β-unsaturated/α-hetero) is 1. The molecule has 3 N–H and O–H groups in total. The Balaban J connectivity index is 2.33. The summed E-state index contributed by atoms with van der Waals surface area (Å²) in [6.07, 6.45) is 1.20. The Kier molecular flexibility index (Phi) is 7.09. The molecule has 9 heteroatoms. The fourth-order valence-corrected chi connectivity index (χ4v) is 3.22. The average Bonchev–Trinajstić information content (AvgIpc) is 2.90. The number of aromatic nitrogens is 2. The van der Waals surface area contributed by atoms with Crippen molar-refractivity contribution in [3.63, 3.8) is 0 Å². The van der Waals surface area contributed by atoms with Gasteiger partial charge in [-0.25, -0.2) is 4.98 Å². The van der Waals surface area contributed by atoms with Crippen molar-refractivity contribution in [1.29, 1.82) is 0 Å². The summed E-state index contributed by atoms with van der Waals surface area (Å²) in [7, 11) is 1.59. The first-order chi connectivity index (χ1) is 14.0. The summed E-state index contributed by atoms with van der Waals surface area (Å²) < 4.78 is 14.8. The van der Waals surface area contributed by atoms with E-state index in [1.165, 1.54) is 23.8 Å². The highest BCUT2D eigenvalue weighted by atomic mass is 19.1. The molecule has 30 heavy (non-hydrogen) atoms. The highest BCUT2D eigenvalue weighted by Crippen LogP contribution is 2.23. The molecule has 0 bridgehead atoms. The van der Waals surface area contributed by atoms with E-state index in [1.807, 2.05) is 13.8 Å². The first kappa shape index (κ1) is 23.2. The lowest BCUT2D eigenvalue weighted by atomic mass is 10.0. The van der Waals surface area contributed by atoms with E-state index in [9.17, 15) is 23.9 Å². The second-order valence-corrected chi connectivity index (χ2v) is 7.61. The molecule has 1 atom stereocenters. The molecule has 0 saturated carbocycles. The minimum absolute atomic E-state index is 0.0582. The number of aliphatic hydroxyl groups is 1. The van der Waals surface area contributed by atoms with Crippen LogP contribution in [0, 0.1) is 32.6 Å². The fraction of sp³-hybridized carbons (Fsp3) is 0.429. The van der Waals surface area contributed by atoms with Gasteiger partial charge in [0.2, 0.25) is 5.95 Å². The van der Waals surface area contributed by atoms with Gasteiger partial charge in [-0.1, -0.05) is 13.8 Å². The first-order valence-corrected chi connectivity index (χ1v) is 9.54. The molecule has 0 spiro atoms. The Morgan fingerprint density at radius 1 is 1.23 bits per heavy atom. The molecule has 2 aromatic rings. The fourth-order valence-electron chi connectivity index (χ4n) is 3.22. The van der Waals surface area contributed by atoms with Gasteiger partial charge in [-0.3, -0.25) is 14.4 Å². The summed E-state index contributed by atoms with van der Waals surface area (Å²) in [5, 5.41) is 14.6. The van der Waals surface area contributed by atoms with E-state index in [0.29, 0.717) is 16.9 Å². The van der Waals surface area contributed by atoms with Crippen LogP contribution in [0.5, 0.6) is 0 Å². The van der Waals surface area contributed by atoms with Crippen LogP contribution in [0.1, 0.15) is 51.5 Å². The minimum atomic E-state index is -0.850. The molecule has 8 nitrogen and oxygen atoms in total. The van der Waals surface area contributed by atoms with Crippen LogP contribution < -0.4 is 10.6 Å². The van der Waals surface area contributed by atoms with Gasteiger partial charge in [0.25, 0.3) is 17.6 Å². The van der Waals surface area contributed by atoms with E-state index in [4.69, 9.17) is 0 Å². The van der Waals surface area contributed by atoms with Gasteiger partial charge >= 0.3 is 0 Å². The summed E-state index contributed by atoms with van der Waals surface area (Å²) in [5.74, 6) is -2.82. The molecule has 0 fully saturated rings. The summed E-state index contributed by atoms with van der Waals surface area (Å²) >= 11 is 0. The van der Waals surface area contributed by atoms with Crippen LogP contribution >= 0.6 is 0 Å². The highest BCUT2D eigenvalue weighted by molar-refractivity contribution is 6.43. The summed E-state index contributed by atoms with van der Waals surface area (Å²) in [6, 6.07) is 0.897. The topological polar surface area (TPSA) is 113 Å². The number of hydrogen-bond donors (Lipinski definition) is 3. The zero-order valence-corrected chi connectivity index (χ0v) is 18.0. The maximum Gasteiger partial charge on any atom is 0.294 e. The lowest BCUT2D eigenvalue weighted by Crippen LogP contribution is -2.44. The third-order valence-electron chi connectivity index (χ3n) is 5.17. The average molecular weight is 418 g/mol. The molecule has 2 aromatic heterocycles. The molecule has 0 saturated heterocycles. The van der Waals surface area contributed by atoms with Crippen molar-refractivity contribution >= 4 is 23.3 Å². The van der Waals surface area contributed by atoms with Gasteiger partial charge in [0.05, 0.1) is 35.8 Å². The van der Waals surface area contributed by atoms with E-state index in [1.54, 1.807) is 20.9 Å². The quantitative estimate of drug-likeness (QED) is 0.362. The number of halogens is 1. The van der Waals surface area contributed by atoms with Crippen molar-refractivity contribution in [2.24, 2.45) is 13.0 Å². The maximum atomic E-state index is 13.4. The monoisotopic (exact) mass is 418 g/mol. The minimum Gasteiger partial charge on any atom is -0.394 e. The first-order valence-electron chi connectivity index (χ1n) is 9.54. The molecule has 0 aliphatic heterocycles. The Hall–Kier alpha value is -3.07. The van der Waals surface area contributed by atoms with E-state index in [0.717, 1.165) is 0 Å². The van der Waals surface area contributed by atoms with Crippen molar-refractivity contribution in [1.82, 2.24) is 14.9 Å². The predicted octanol–water partition coefficient (Wildman–Crippen LogP) is 2.05. The van der Waals surface area contributed by atoms with E-state index in [-0.39, 0.29) is 29.3 Å². The summed E-state index contributed by atoms with van der Waals surface area (Å²) in [4.78, 5) is 41.6. The number of nitrogens with one attached hydrogen (secondary N) is 2. The number of pyridine rings is 1. The number of rotatable bonds is 7. The molecular weight excluding hydrogens is 391 g/mol. The van der Waals surface area contributed by atoms with E-state index >= 15 is 0 Å². The van der Waals surface area contributed by atoms with Crippen molar-refractivity contribution in [2.75, 3.05) is 11.9 Å². The molecule has 0 aromatic carbocycles. The molecule has 0 aliphatic carbocycles. The SMILES string of the molecule is Cc1cc(NC(=O)c2c(C)c(C(=O)C(=O)N[C@H](CO)C(C)C)n(C)c2C)cnc1F. The molecule has 0 radical (unpaired) electrons. The van der Waals surface area contributed by atoms with Gasteiger partial charge in [0.15, 0.2) is 0 Å². The van der Waals surface area contributed by atoms with Gasteiger partial charge in [0, 0.05) is 18.3 Å². The third kappa shape index (κ3) is 4.56. The largest absolute Gasteiger partial charge is 0.394 e. The van der Waals surface area contributed by atoms with Crippen LogP contribution in [0.25, 0.3) is 0 Å². The van der Waals surface area contributed by atoms with Gasteiger partial charge < -0.3 is 20.3 Å². The zero-order valence-electron chi connectivity index (χ0n) is 18.0. The molecular formula is C21H27FN4O4. The van der Waals surface area contributed by atoms with Crippen LogP contribution in [-0.2, 0) is 11.8 Å². The van der Waals surface area contributed by atoms with Crippen molar-refractivity contribution in [3.8, 4) is 0 Å². The number of carbonyl (C=O) groups is 3. The summed E-state index contributed by atoms with van der Waals surface area (Å²) in [6.45, 7) is 8.12. The summed E-state index contributed by atoms with van der Waals surface area (Å²) in [5.41, 5.74) is 1.78. The Bertz CT molecular complexity index is 997. The van der Waals surface area contributed by atoms with Gasteiger partial charge in [-0.05, 0) is 38.3 Å². The number of aryl methyl sites for hydroxylation is 1. The molecule has 2 amide bonds. The van der Waals surface area contributed by atoms with Crippen LogP contribution in [-0.4, -0.2) is 44.9 Å².